The molecule has 0 aromatic heterocycles. The van der Waals surface area contributed by atoms with Gasteiger partial charge in [0, 0.05) is 18.9 Å². The smallest absolute Gasteiger partial charge is 0.306 e. The number of esters is 1. The Labute approximate surface area is 85.8 Å². The molecule has 0 fully saturated rings. The third-order valence-electron chi connectivity index (χ3n) is 1.64. The highest BCUT2D eigenvalue weighted by Gasteiger charge is 2.05. The van der Waals surface area contributed by atoms with Crippen LogP contribution >= 0.6 is 7.80 Å². The van der Waals surface area contributed by atoms with Crippen molar-refractivity contribution in [2.75, 3.05) is 32.1 Å². The van der Waals surface area contributed by atoms with E-state index in [1.807, 2.05) is 6.92 Å². The number of rotatable bonds is 8. The molecule has 84 valence electrons. The summed E-state index contributed by atoms with van der Waals surface area (Å²) in [6.07, 6.45) is 1.27. The van der Waals surface area contributed by atoms with Crippen molar-refractivity contribution in [3.63, 3.8) is 0 Å². The Kier molecular flexibility index (Phi) is 9.00. The van der Waals surface area contributed by atoms with Gasteiger partial charge < -0.3 is 14.0 Å². The van der Waals surface area contributed by atoms with Gasteiger partial charge in [0.25, 0.3) is 0 Å². The van der Waals surface area contributed by atoms with E-state index in [0.29, 0.717) is 32.1 Å². The minimum atomic E-state index is -1.65. The van der Waals surface area contributed by atoms with Crippen molar-refractivity contribution in [3.8, 4) is 0 Å². The highest BCUT2D eigenvalue weighted by Crippen LogP contribution is 2.20. The van der Waals surface area contributed by atoms with Gasteiger partial charge in [-0.15, -0.1) is 0 Å². The first-order chi connectivity index (χ1) is 6.70. The van der Waals surface area contributed by atoms with Gasteiger partial charge in [0.05, 0.1) is 27.4 Å². The Hall–Kier alpha value is -0.340. The molecule has 1 unspecified atom stereocenters. The van der Waals surface area contributed by atoms with E-state index < -0.39 is 7.80 Å². The molecule has 4 nitrogen and oxygen atoms in total. The molecule has 0 saturated carbocycles. The molecule has 0 rings (SSSR count). The lowest BCUT2D eigenvalue weighted by Gasteiger charge is -2.02. The van der Waals surface area contributed by atoms with Crippen LogP contribution in [0.3, 0.4) is 0 Å². The summed E-state index contributed by atoms with van der Waals surface area (Å²) < 4.78 is 21.1. The van der Waals surface area contributed by atoms with Crippen molar-refractivity contribution >= 4 is 13.8 Å². The molecule has 1 atom stereocenters. The van der Waals surface area contributed by atoms with Crippen LogP contribution in [0.25, 0.3) is 0 Å². The lowest BCUT2D eigenvalue weighted by Crippen LogP contribution is -2.05. The number of carbonyl (C=O) groups excluding carboxylic acids is 1. The highest BCUT2D eigenvalue weighted by molar-refractivity contribution is 7.44. The summed E-state index contributed by atoms with van der Waals surface area (Å²) in [5.41, 5.74) is 0. The molecule has 0 saturated heterocycles. The molecule has 0 aliphatic rings. The van der Waals surface area contributed by atoms with Crippen molar-refractivity contribution < 1.29 is 18.8 Å². The van der Waals surface area contributed by atoms with Crippen LogP contribution in [0.15, 0.2) is 0 Å². The SMILES string of the molecule is CCOCC[PH](=O)CCC(=O)OCC. The van der Waals surface area contributed by atoms with E-state index in [9.17, 15) is 9.36 Å². The molecule has 5 heteroatoms. The Bertz CT molecular complexity index is 182. The number of carbonyl (C=O) groups is 1. The zero-order valence-electron chi connectivity index (χ0n) is 8.88. The monoisotopic (exact) mass is 222 g/mol. The maximum Gasteiger partial charge on any atom is 0.306 e. The summed E-state index contributed by atoms with van der Waals surface area (Å²) in [5.74, 6) is -0.262. The largest absolute Gasteiger partial charge is 0.466 e. The van der Waals surface area contributed by atoms with Crippen LogP contribution in [-0.4, -0.2) is 38.1 Å². The van der Waals surface area contributed by atoms with E-state index in [-0.39, 0.29) is 12.4 Å². The molecular formula is C9H19O4P. The fourth-order valence-corrected chi connectivity index (χ4v) is 2.03. The Morgan fingerprint density at radius 3 is 2.50 bits per heavy atom. The molecule has 14 heavy (non-hydrogen) atoms. The molecule has 0 aromatic rings. The first kappa shape index (κ1) is 13.7. The Morgan fingerprint density at radius 1 is 1.21 bits per heavy atom. The number of hydrogen-bond donors (Lipinski definition) is 0. The van der Waals surface area contributed by atoms with E-state index >= 15 is 0 Å². The van der Waals surface area contributed by atoms with Crippen LogP contribution in [0, 0.1) is 0 Å². The van der Waals surface area contributed by atoms with Crippen LogP contribution < -0.4 is 0 Å². The zero-order valence-corrected chi connectivity index (χ0v) is 9.88. The summed E-state index contributed by atoms with van der Waals surface area (Å²) in [6.45, 7) is 5.22. The lowest BCUT2D eigenvalue weighted by atomic mass is 10.5. The summed E-state index contributed by atoms with van der Waals surface area (Å²) in [5, 5.41) is 0. The predicted octanol–water partition coefficient (Wildman–Crippen LogP) is 1.54. The van der Waals surface area contributed by atoms with Gasteiger partial charge in [-0.05, 0) is 13.8 Å². The molecule has 0 heterocycles. The molecule has 0 aliphatic heterocycles. The minimum Gasteiger partial charge on any atom is -0.466 e. The van der Waals surface area contributed by atoms with E-state index in [4.69, 9.17) is 9.47 Å². The van der Waals surface area contributed by atoms with Gasteiger partial charge in [0.1, 0.15) is 0 Å². The second-order valence-corrected chi connectivity index (χ2v) is 4.87. The average Bonchev–Trinajstić information content (AvgIpc) is 2.16. The summed E-state index contributed by atoms with van der Waals surface area (Å²) in [6, 6.07) is 0. The molecule has 0 N–H and O–H groups in total. The van der Waals surface area contributed by atoms with Gasteiger partial charge in [-0.3, -0.25) is 4.79 Å². The molecular weight excluding hydrogens is 203 g/mol. The van der Waals surface area contributed by atoms with Crippen molar-refractivity contribution in [3.05, 3.63) is 0 Å². The van der Waals surface area contributed by atoms with Crippen molar-refractivity contribution in [1.82, 2.24) is 0 Å². The quantitative estimate of drug-likeness (QED) is 0.355. The summed E-state index contributed by atoms with van der Waals surface area (Å²) in [4.78, 5) is 10.9. The van der Waals surface area contributed by atoms with Gasteiger partial charge in [-0.25, -0.2) is 0 Å². The maximum atomic E-state index is 11.3. The predicted molar refractivity (Wildman–Crippen MR) is 56.5 cm³/mol. The molecule has 0 radical (unpaired) electrons. The first-order valence-electron chi connectivity index (χ1n) is 4.95. The average molecular weight is 222 g/mol. The van der Waals surface area contributed by atoms with Gasteiger partial charge in [-0.1, -0.05) is 0 Å². The Balaban J connectivity index is 3.39. The number of ether oxygens (including phenoxy) is 2. The first-order valence-corrected chi connectivity index (χ1v) is 6.78. The second-order valence-electron chi connectivity index (χ2n) is 2.79. The van der Waals surface area contributed by atoms with Crippen LogP contribution in [-0.2, 0) is 18.8 Å². The van der Waals surface area contributed by atoms with Gasteiger partial charge in [0.2, 0.25) is 0 Å². The lowest BCUT2D eigenvalue weighted by molar-refractivity contribution is -0.142. The fourth-order valence-electron chi connectivity index (χ4n) is 0.930. The van der Waals surface area contributed by atoms with Crippen molar-refractivity contribution in [2.45, 2.75) is 20.3 Å². The zero-order chi connectivity index (χ0) is 10.8. The van der Waals surface area contributed by atoms with Crippen LogP contribution in [0.5, 0.6) is 0 Å². The van der Waals surface area contributed by atoms with E-state index in [2.05, 4.69) is 0 Å². The molecule has 0 aliphatic carbocycles. The molecule has 0 spiro atoms. The topological polar surface area (TPSA) is 52.6 Å². The third-order valence-corrected chi connectivity index (χ3v) is 3.21. The molecule has 0 amide bonds. The molecule has 0 bridgehead atoms. The Morgan fingerprint density at radius 2 is 1.93 bits per heavy atom. The van der Waals surface area contributed by atoms with Crippen molar-refractivity contribution in [2.24, 2.45) is 0 Å². The summed E-state index contributed by atoms with van der Waals surface area (Å²) in [7, 11) is -1.65. The van der Waals surface area contributed by atoms with Crippen molar-refractivity contribution in [1.29, 1.82) is 0 Å². The fraction of sp³-hybridized carbons (Fsp3) is 0.889. The normalized spacial score (nSPS) is 12.4. The van der Waals surface area contributed by atoms with Gasteiger partial charge in [-0.2, -0.15) is 0 Å². The minimum absolute atomic E-state index is 0.262. The van der Waals surface area contributed by atoms with E-state index in [1.54, 1.807) is 6.92 Å². The van der Waals surface area contributed by atoms with E-state index in [1.165, 1.54) is 0 Å². The van der Waals surface area contributed by atoms with E-state index in [0.717, 1.165) is 0 Å². The standard InChI is InChI=1S/C9H19O4P/c1-3-12-6-8-14(11)7-5-9(10)13-4-2/h14H,3-8H2,1-2H3. The van der Waals surface area contributed by atoms with Crippen LogP contribution in [0.4, 0.5) is 0 Å². The number of hydrogen-bond acceptors (Lipinski definition) is 4. The van der Waals surface area contributed by atoms with Gasteiger partial charge in [0.15, 0.2) is 0 Å². The maximum absolute atomic E-state index is 11.3. The van der Waals surface area contributed by atoms with Gasteiger partial charge >= 0.3 is 5.97 Å². The van der Waals surface area contributed by atoms with Crippen LogP contribution in [0.2, 0.25) is 0 Å². The van der Waals surface area contributed by atoms with Crippen LogP contribution in [0.1, 0.15) is 20.3 Å². The summed E-state index contributed by atoms with van der Waals surface area (Å²) >= 11 is 0. The third kappa shape index (κ3) is 8.27. The second kappa shape index (κ2) is 9.22. The molecule has 0 aromatic carbocycles. The highest BCUT2D eigenvalue weighted by atomic mass is 31.1.